The molecule has 13 heteroatoms. The van der Waals surface area contributed by atoms with Gasteiger partial charge in [0.05, 0.1) is 28.7 Å². The monoisotopic (exact) mass is 488 g/mol. The van der Waals surface area contributed by atoms with E-state index in [-0.39, 0.29) is 29.3 Å². The van der Waals surface area contributed by atoms with Crippen LogP contribution in [0.5, 0.6) is 0 Å². The lowest BCUT2D eigenvalue weighted by atomic mass is 10.1. The first-order valence-corrected chi connectivity index (χ1v) is 11.8. The maximum absolute atomic E-state index is 13.3. The number of carbonyl (C=O) groups is 1. The van der Waals surface area contributed by atoms with Crippen LogP contribution in [-0.4, -0.2) is 42.3 Å². The number of halogens is 6. The highest BCUT2D eigenvalue weighted by Crippen LogP contribution is 2.44. The number of aliphatic imine (C=N–C) groups is 1. The largest absolute Gasteiger partial charge is 0.416 e. The summed E-state index contributed by atoms with van der Waals surface area (Å²) in [5.41, 5.74) is -3.56. The smallest absolute Gasteiger partial charge is 0.316 e. The van der Waals surface area contributed by atoms with Crippen LogP contribution in [0.15, 0.2) is 23.2 Å². The van der Waals surface area contributed by atoms with Crippen LogP contribution in [-0.2, 0) is 27.0 Å². The molecule has 0 unspecified atom stereocenters. The van der Waals surface area contributed by atoms with Crippen molar-refractivity contribution >= 4 is 38.4 Å². The fourth-order valence-corrected chi connectivity index (χ4v) is 7.38. The van der Waals surface area contributed by atoms with Gasteiger partial charge < -0.3 is 4.90 Å². The zero-order valence-corrected chi connectivity index (χ0v) is 17.9. The number of rotatable bonds is 3. The highest BCUT2D eigenvalue weighted by molar-refractivity contribution is 8.16. The summed E-state index contributed by atoms with van der Waals surface area (Å²) >= 11 is 0.882. The first-order chi connectivity index (χ1) is 14.1. The normalized spacial score (nSPS) is 24.8. The molecule has 2 heterocycles. The Hall–Kier alpha value is -1.76. The minimum atomic E-state index is -5.06. The van der Waals surface area contributed by atoms with Gasteiger partial charge in [-0.15, -0.1) is 0 Å². The van der Waals surface area contributed by atoms with Gasteiger partial charge in [0.25, 0.3) is 0 Å². The van der Waals surface area contributed by atoms with Crippen molar-refractivity contribution in [3.63, 3.8) is 0 Å². The average Bonchev–Trinajstić information content (AvgIpc) is 3.02. The molecule has 0 aliphatic carbocycles. The fourth-order valence-electron chi connectivity index (χ4n) is 3.45. The Kier molecular flexibility index (Phi) is 6.15. The minimum Gasteiger partial charge on any atom is -0.316 e. The number of hydrogen-bond acceptors (Lipinski definition) is 4. The third-order valence-corrected chi connectivity index (χ3v) is 7.93. The van der Waals surface area contributed by atoms with Gasteiger partial charge in [-0.25, -0.2) is 8.42 Å². The number of anilines is 1. The van der Waals surface area contributed by atoms with Crippen LogP contribution >= 0.6 is 11.8 Å². The van der Waals surface area contributed by atoms with E-state index in [0.29, 0.717) is 12.1 Å². The third kappa shape index (κ3) is 5.36. The van der Waals surface area contributed by atoms with E-state index >= 15 is 0 Å². The Bertz CT molecular complexity index is 986. The molecule has 2 aliphatic rings. The van der Waals surface area contributed by atoms with Gasteiger partial charge in [-0.05, 0) is 24.1 Å². The number of hydrogen-bond donors (Lipinski definition) is 0. The van der Waals surface area contributed by atoms with Gasteiger partial charge in [0.1, 0.15) is 0 Å². The van der Waals surface area contributed by atoms with Crippen LogP contribution in [0.2, 0.25) is 0 Å². The molecule has 3 rings (SSSR count). The molecule has 0 spiro atoms. The number of carbonyl (C=O) groups excluding carboxylic acids is 1. The van der Waals surface area contributed by atoms with Gasteiger partial charge in [-0.2, -0.15) is 31.3 Å². The molecule has 0 saturated carbocycles. The number of sulfone groups is 1. The molecule has 1 aromatic rings. The predicted molar refractivity (Wildman–Crippen MR) is 105 cm³/mol. The first-order valence-electron chi connectivity index (χ1n) is 9.14. The number of benzene rings is 1. The van der Waals surface area contributed by atoms with Gasteiger partial charge in [0, 0.05) is 17.4 Å². The predicted octanol–water partition coefficient (Wildman–Crippen LogP) is 4.37. The number of nitrogens with zero attached hydrogens (tertiary/aromatic N) is 2. The second-order valence-electron chi connectivity index (χ2n) is 7.82. The zero-order valence-electron chi connectivity index (χ0n) is 16.3. The summed E-state index contributed by atoms with van der Waals surface area (Å²) in [5, 5.41) is -0.748. The van der Waals surface area contributed by atoms with E-state index in [9.17, 15) is 39.6 Å². The maximum atomic E-state index is 13.3. The zero-order chi connectivity index (χ0) is 23.4. The summed E-state index contributed by atoms with van der Waals surface area (Å²) in [4.78, 5) is 17.1. The van der Waals surface area contributed by atoms with Crippen molar-refractivity contribution in [1.82, 2.24) is 0 Å². The minimum absolute atomic E-state index is 0.00365. The van der Waals surface area contributed by atoms with Crippen molar-refractivity contribution in [3.8, 4) is 0 Å². The van der Waals surface area contributed by atoms with E-state index in [2.05, 4.69) is 4.99 Å². The Morgan fingerprint density at radius 2 is 1.65 bits per heavy atom. The van der Waals surface area contributed by atoms with E-state index in [0.717, 1.165) is 16.7 Å². The Labute approximate surface area is 178 Å². The molecule has 0 aromatic heterocycles. The fraction of sp³-hybridized carbons (Fsp3) is 0.556. The molecule has 0 N–H and O–H groups in total. The lowest BCUT2D eigenvalue weighted by molar-refractivity contribution is -0.143. The topological polar surface area (TPSA) is 66.8 Å². The number of amides is 1. The van der Waals surface area contributed by atoms with Crippen LogP contribution < -0.4 is 4.90 Å². The van der Waals surface area contributed by atoms with Crippen molar-refractivity contribution < 1.29 is 39.6 Å². The Balaban J connectivity index is 2.15. The van der Waals surface area contributed by atoms with Crippen LogP contribution in [0, 0.1) is 5.92 Å². The third-order valence-electron chi connectivity index (χ3n) is 4.72. The highest BCUT2D eigenvalue weighted by atomic mass is 32.2. The Morgan fingerprint density at radius 1 is 1.10 bits per heavy atom. The van der Waals surface area contributed by atoms with E-state index in [1.165, 1.54) is 0 Å². The van der Waals surface area contributed by atoms with Gasteiger partial charge >= 0.3 is 12.4 Å². The van der Waals surface area contributed by atoms with E-state index in [1.807, 2.05) is 0 Å². The van der Waals surface area contributed by atoms with Crippen LogP contribution in [0.25, 0.3) is 0 Å². The molecule has 2 saturated heterocycles. The maximum Gasteiger partial charge on any atom is 0.416 e. The SMILES string of the molecule is CC(C)CC(=O)N=C1S[C@@H]2CS(=O)(=O)C[C@@H]2N1c1cc(C(F)(F)F)cc(C(F)(F)F)c1. The van der Waals surface area contributed by atoms with Crippen molar-refractivity contribution in [2.24, 2.45) is 10.9 Å². The van der Waals surface area contributed by atoms with E-state index in [4.69, 9.17) is 0 Å². The molecule has 0 radical (unpaired) electrons. The van der Waals surface area contributed by atoms with E-state index < -0.39 is 62.0 Å². The Morgan fingerprint density at radius 3 is 2.13 bits per heavy atom. The van der Waals surface area contributed by atoms with Crippen LogP contribution in [0.3, 0.4) is 0 Å². The molecule has 2 aliphatic heterocycles. The molecule has 1 amide bonds. The van der Waals surface area contributed by atoms with E-state index in [1.54, 1.807) is 13.8 Å². The molecule has 0 bridgehead atoms. The van der Waals surface area contributed by atoms with Gasteiger partial charge in [-0.3, -0.25) is 4.79 Å². The first kappa shape index (κ1) is 23.9. The van der Waals surface area contributed by atoms with Crippen molar-refractivity contribution in [1.29, 1.82) is 0 Å². The van der Waals surface area contributed by atoms with Crippen molar-refractivity contribution in [2.45, 2.75) is 43.9 Å². The summed E-state index contributed by atoms with van der Waals surface area (Å²) in [5.74, 6) is -1.42. The number of amidine groups is 1. The second-order valence-corrected chi connectivity index (χ2v) is 11.2. The van der Waals surface area contributed by atoms with Gasteiger partial charge in [-0.1, -0.05) is 25.6 Å². The number of thioether (sulfide) groups is 1. The highest BCUT2D eigenvalue weighted by Gasteiger charge is 2.50. The lowest BCUT2D eigenvalue weighted by Gasteiger charge is -2.26. The molecular weight excluding hydrogens is 470 g/mol. The molecule has 5 nitrogen and oxygen atoms in total. The number of alkyl halides is 6. The van der Waals surface area contributed by atoms with Crippen LogP contribution in [0.1, 0.15) is 31.4 Å². The lowest BCUT2D eigenvalue weighted by Crippen LogP contribution is -2.38. The van der Waals surface area contributed by atoms with Gasteiger partial charge in [0.2, 0.25) is 5.91 Å². The van der Waals surface area contributed by atoms with Gasteiger partial charge in [0.15, 0.2) is 15.0 Å². The molecule has 2 fully saturated rings. The van der Waals surface area contributed by atoms with Crippen molar-refractivity contribution in [3.05, 3.63) is 29.3 Å². The average molecular weight is 488 g/mol. The molecule has 1 aromatic carbocycles. The summed E-state index contributed by atoms with van der Waals surface area (Å²) in [6, 6.07) is 0.109. The summed E-state index contributed by atoms with van der Waals surface area (Å²) in [6.45, 7) is 3.50. The molecule has 31 heavy (non-hydrogen) atoms. The molecule has 2 atom stereocenters. The van der Waals surface area contributed by atoms with Crippen molar-refractivity contribution in [2.75, 3.05) is 16.4 Å². The summed E-state index contributed by atoms with van der Waals surface area (Å²) in [6.07, 6.45) is -10.1. The molecular formula is C18H18F6N2O3S2. The number of fused-ring (bicyclic) bond motifs is 1. The second kappa shape index (κ2) is 7.98. The standard InChI is InChI=1S/C18H18F6N2O3S2/c1-9(2)3-15(27)25-16-26(13-7-31(28,29)8-14(13)30-16)12-5-10(17(19,20)21)4-11(6-12)18(22,23)24/h4-6,9,13-14H,3,7-8H2,1-2H3/t13-,14+/m0/s1. The summed E-state index contributed by atoms with van der Waals surface area (Å²) in [7, 11) is -3.54. The molecule has 172 valence electrons. The van der Waals surface area contributed by atoms with Crippen LogP contribution in [0.4, 0.5) is 32.0 Å². The summed E-state index contributed by atoms with van der Waals surface area (Å²) < 4.78 is 104. The quantitative estimate of drug-likeness (QED) is 0.592.